The number of benzene rings is 1. The monoisotopic (exact) mass is 408 g/mol. The molecule has 1 saturated carbocycles. The molecule has 5 N–H and O–H groups in total. The molecule has 0 aliphatic heterocycles. The normalized spacial score (nSPS) is 21.2. The maximum atomic E-state index is 12.1. The minimum absolute atomic E-state index is 0.140. The van der Waals surface area contributed by atoms with Gasteiger partial charge < -0.3 is 21.5 Å². The molecular weight excluding hydrogens is 384 g/mol. The number of ketones is 1. The number of nitrogens with one attached hydrogen (secondary N) is 2. The molecule has 10 nitrogen and oxygen atoms in total. The van der Waals surface area contributed by atoms with E-state index < -0.39 is 12.1 Å². The minimum Gasteiger partial charge on any atom is -0.391 e. The second-order valence-electron chi connectivity index (χ2n) is 7.33. The van der Waals surface area contributed by atoms with Gasteiger partial charge in [0.1, 0.15) is 5.82 Å². The SMILES string of the molecule is CC(=O)c1cnc(N[C@@H]2CCCC(O)[C@@H]2N)nc1Nc1cccc(-n2nccn2)c1. The van der Waals surface area contributed by atoms with Crippen LogP contribution in [0.2, 0.25) is 0 Å². The first kappa shape index (κ1) is 19.9. The highest BCUT2D eigenvalue weighted by atomic mass is 16.3. The van der Waals surface area contributed by atoms with Crippen LogP contribution < -0.4 is 16.4 Å². The number of Topliss-reactive ketones (excluding diaryl/α,β-unsaturated/α-hetero) is 1. The van der Waals surface area contributed by atoms with Crippen LogP contribution in [-0.4, -0.2) is 54.0 Å². The average molecular weight is 408 g/mol. The zero-order valence-electron chi connectivity index (χ0n) is 16.6. The maximum Gasteiger partial charge on any atom is 0.224 e. The van der Waals surface area contributed by atoms with Crippen LogP contribution in [0, 0.1) is 0 Å². The molecule has 0 spiro atoms. The number of carbonyl (C=O) groups excluding carboxylic acids is 1. The van der Waals surface area contributed by atoms with E-state index in [0.717, 1.165) is 24.2 Å². The second kappa shape index (κ2) is 8.56. The summed E-state index contributed by atoms with van der Waals surface area (Å²) in [6.07, 6.45) is 6.52. The van der Waals surface area contributed by atoms with Gasteiger partial charge in [-0.3, -0.25) is 4.79 Å². The van der Waals surface area contributed by atoms with Crippen molar-refractivity contribution in [1.82, 2.24) is 25.0 Å². The summed E-state index contributed by atoms with van der Waals surface area (Å²) < 4.78 is 0. The summed E-state index contributed by atoms with van der Waals surface area (Å²) in [6, 6.07) is 6.91. The van der Waals surface area contributed by atoms with Gasteiger partial charge in [-0.15, -0.1) is 0 Å². The van der Waals surface area contributed by atoms with Crippen LogP contribution in [0.25, 0.3) is 5.69 Å². The average Bonchev–Trinajstić information content (AvgIpc) is 3.27. The van der Waals surface area contributed by atoms with Crippen molar-refractivity contribution in [3.8, 4) is 5.69 Å². The van der Waals surface area contributed by atoms with E-state index in [1.165, 1.54) is 17.9 Å². The van der Waals surface area contributed by atoms with Crippen LogP contribution in [0.4, 0.5) is 17.5 Å². The lowest BCUT2D eigenvalue weighted by molar-refractivity contribution is 0.101. The molecule has 3 atom stereocenters. The van der Waals surface area contributed by atoms with Crippen molar-refractivity contribution in [3.05, 3.63) is 48.4 Å². The van der Waals surface area contributed by atoms with Crippen LogP contribution in [0.15, 0.2) is 42.9 Å². The van der Waals surface area contributed by atoms with Gasteiger partial charge in [-0.1, -0.05) is 6.07 Å². The van der Waals surface area contributed by atoms with E-state index in [1.54, 1.807) is 12.4 Å². The lowest BCUT2D eigenvalue weighted by Gasteiger charge is -2.33. The van der Waals surface area contributed by atoms with Crippen LogP contribution >= 0.6 is 0 Å². The highest BCUT2D eigenvalue weighted by Crippen LogP contribution is 2.24. The largest absolute Gasteiger partial charge is 0.391 e. The van der Waals surface area contributed by atoms with Gasteiger partial charge in [0.2, 0.25) is 5.95 Å². The Bertz CT molecular complexity index is 1020. The maximum absolute atomic E-state index is 12.1. The minimum atomic E-state index is -0.552. The lowest BCUT2D eigenvalue weighted by atomic mass is 9.88. The number of hydrogen-bond donors (Lipinski definition) is 4. The molecule has 0 radical (unpaired) electrons. The number of anilines is 3. The summed E-state index contributed by atoms with van der Waals surface area (Å²) in [5.41, 5.74) is 7.98. The predicted octanol–water partition coefficient (Wildman–Crippen LogP) is 1.66. The Morgan fingerprint density at radius 3 is 2.83 bits per heavy atom. The number of nitrogens with zero attached hydrogens (tertiary/aromatic N) is 5. The van der Waals surface area contributed by atoms with Gasteiger partial charge in [-0.05, 0) is 44.4 Å². The lowest BCUT2D eigenvalue weighted by Crippen LogP contribution is -2.51. The predicted molar refractivity (Wildman–Crippen MR) is 112 cm³/mol. The summed E-state index contributed by atoms with van der Waals surface area (Å²) in [5, 5.41) is 24.7. The first-order valence-corrected chi connectivity index (χ1v) is 9.83. The molecule has 1 unspecified atom stereocenters. The number of aliphatic hydroxyl groups is 1. The van der Waals surface area contributed by atoms with Gasteiger partial charge in [0.25, 0.3) is 0 Å². The molecule has 1 aromatic carbocycles. The van der Waals surface area contributed by atoms with Gasteiger partial charge in [-0.25, -0.2) is 4.98 Å². The molecule has 3 aromatic rings. The van der Waals surface area contributed by atoms with Gasteiger partial charge in [0.15, 0.2) is 5.78 Å². The number of aliphatic hydroxyl groups excluding tert-OH is 1. The number of nitrogens with two attached hydrogens (primary N) is 1. The van der Waals surface area contributed by atoms with Gasteiger partial charge in [0, 0.05) is 17.9 Å². The van der Waals surface area contributed by atoms with Gasteiger partial charge in [0.05, 0.1) is 35.8 Å². The van der Waals surface area contributed by atoms with E-state index >= 15 is 0 Å². The Morgan fingerprint density at radius 1 is 1.27 bits per heavy atom. The zero-order valence-corrected chi connectivity index (χ0v) is 16.6. The Labute approximate surface area is 173 Å². The first-order chi connectivity index (χ1) is 14.5. The third kappa shape index (κ3) is 4.29. The molecule has 156 valence electrons. The zero-order chi connectivity index (χ0) is 21.1. The fraction of sp³-hybridized carbons (Fsp3) is 0.350. The number of hydrogen-bond acceptors (Lipinski definition) is 9. The van der Waals surface area contributed by atoms with Crippen molar-refractivity contribution in [1.29, 1.82) is 0 Å². The van der Waals surface area contributed by atoms with Crippen molar-refractivity contribution in [3.63, 3.8) is 0 Å². The summed E-state index contributed by atoms with van der Waals surface area (Å²) in [5.74, 6) is 0.580. The molecule has 0 amide bonds. The standard InChI is InChI=1S/C20H24N8O2/c1-12(29)15-11-22-20(26-16-6-3-7-17(30)18(16)21)27-19(15)25-13-4-2-5-14(10-13)28-23-8-9-24-28/h2,4-5,8-11,16-18,30H,3,6-7,21H2,1H3,(H2,22,25,26,27)/t16-,17?,18-/m1/s1. The molecule has 2 heterocycles. The molecular formula is C20H24N8O2. The van der Waals surface area contributed by atoms with Crippen LogP contribution in [0.3, 0.4) is 0 Å². The summed E-state index contributed by atoms with van der Waals surface area (Å²) in [6.45, 7) is 1.47. The molecule has 1 aliphatic carbocycles. The van der Waals surface area contributed by atoms with E-state index in [0.29, 0.717) is 23.8 Å². The van der Waals surface area contributed by atoms with Crippen molar-refractivity contribution in [2.75, 3.05) is 10.6 Å². The number of carbonyl (C=O) groups is 1. The van der Waals surface area contributed by atoms with Gasteiger partial charge >= 0.3 is 0 Å². The first-order valence-electron chi connectivity index (χ1n) is 9.83. The van der Waals surface area contributed by atoms with Crippen molar-refractivity contribution in [2.45, 2.75) is 44.4 Å². The Kier molecular flexibility index (Phi) is 5.68. The third-order valence-electron chi connectivity index (χ3n) is 5.17. The molecule has 10 heteroatoms. The summed E-state index contributed by atoms with van der Waals surface area (Å²) >= 11 is 0. The van der Waals surface area contributed by atoms with Crippen molar-refractivity contribution < 1.29 is 9.90 Å². The number of rotatable bonds is 6. The van der Waals surface area contributed by atoms with Gasteiger partial charge in [-0.2, -0.15) is 20.0 Å². The third-order valence-corrected chi connectivity index (χ3v) is 5.17. The molecule has 1 fully saturated rings. The van der Waals surface area contributed by atoms with E-state index in [2.05, 4.69) is 30.8 Å². The number of aromatic nitrogens is 5. The molecule has 2 aromatic heterocycles. The van der Waals surface area contributed by atoms with E-state index in [1.807, 2.05) is 24.3 Å². The Morgan fingerprint density at radius 2 is 2.07 bits per heavy atom. The molecule has 4 rings (SSSR count). The molecule has 0 saturated heterocycles. The fourth-order valence-corrected chi connectivity index (χ4v) is 3.53. The summed E-state index contributed by atoms with van der Waals surface area (Å²) in [4.78, 5) is 22.4. The Balaban J connectivity index is 1.59. The fourth-order valence-electron chi connectivity index (χ4n) is 3.53. The second-order valence-corrected chi connectivity index (χ2v) is 7.33. The molecule has 30 heavy (non-hydrogen) atoms. The highest BCUT2D eigenvalue weighted by molar-refractivity contribution is 5.99. The van der Waals surface area contributed by atoms with Crippen LogP contribution in [0.1, 0.15) is 36.5 Å². The van der Waals surface area contributed by atoms with E-state index in [9.17, 15) is 9.90 Å². The van der Waals surface area contributed by atoms with Crippen LogP contribution in [0.5, 0.6) is 0 Å². The summed E-state index contributed by atoms with van der Waals surface area (Å²) in [7, 11) is 0. The highest BCUT2D eigenvalue weighted by Gasteiger charge is 2.29. The smallest absolute Gasteiger partial charge is 0.224 e. The van der Waals surface area contributed by atoms with Crippen molar-refractivity contribution in [2.24, 2.45) is 5.73 Å². The van der Waals surface area contributed by atoms with E-state index in [-0.39, 0.29) is 11.8 Å². The molecule has 1 aliphatic rings. The van der Waals surface area contributed by atoms with Crippen LogP contribution in [-0.2, 0) is 0 Å². The topological polar surface area (TPSA) is 144 Å². The Hall–Kier alpha value is -3.37. The molecule has 0 bridgehead atoms. The van der Waals surface area contributed by atoms with Crippen molar-refractivity contribution >= 4 is 23.2 Å². The quantitative estimate of drug-likeness (QED) is 0.447. The van der Waals surface area contributed by atoms with E-state index in [4.69, 9.17) is 5.73 Å².